The molecule has 23 heavy (non-hydrogen) atoms. The highest BCUT2D eigenvalue weighted by molar-refractivity contribution is 9.11. The summed E-state index contributed by atoms with van der Waals surface area (Å²) in [5.41, 5.74) is 2.38. The first-order valence-electron chi connectivity index (χ1n) is 7.70. The summed E-state index contributed by atoms with van der Waals surface area (Å²) in [6.07, 6.45) is 1.12. The third kappa shape index (κ3) is 6.26. The van der Waals surface area contributed by atoms with Crippen molar-refractivity contribution in [2.24, 2.45) is 0 Å². The molecule has 2 aromatic carbocycles. The van der Waals surface area contributed by atoms with Gasteiger partial charge < -0.3 is 15.4 Å². The van der Waals surface area contributed by atoms with Crippen molar-refractivity contribution >= 4 is 31.9 Å². The van der Waals surface area contributed by atoms with Crippen LogP contribution >= 0.6 is 31.9 Å². The van der Waals surface area contributed by atoms with Crippen LogP contribution in [0.4, 0.5) is 0 Å². The number of benzene rings is 2. The van der Waals surface area contributed by atoms with Crippen molar-refractivity contribution in [3.05, 3.63) is 62.5 Å². The smallest absolute Gasteiger partial charge is 0.148 e. The maximum Gasteiger partial charge on any atom is 0.148 e. The van der Waals surface area contributed by atoms with Gasteiger partial charge in [-0.2, -0.15) is 0 Å². The predicted molar refractivity (Wildman–Crippen MR) is 103 cm³/mol. The zero-order valence-electron chi connectivity index (χ0n) is 13.2. The van der Waals surface area contributed by atoms with Crippen LogP contribution in [0.15, 0.2) is 51.4 Å². The van der Waals surface area contributed by atoms with Crippen LogP contribution in [0, 0.1) is 0 Å². The van der Waals surface area contributed by atoms with Crippen molar-refractivity contribution in [2.45, 2.75) is 19.6 Å². The van der Waals surface area contributed by atoms with Crippen LogP contribution in [0.3, 0.4) is 0 Å². The molecule has 0 fully saturated rings. The Labute approximate surface area is 155 Å². The fourth-order valence-corrected chi connectivity index (χ4v) is 3.72. The molecule has 0 saturated heterocycles. The number of nitrogens with one attached hydrogen (secondary N) is 2. The first kappa shape index (κ1) is 18.5. The molecule has 0 radical (unpaired) electrons. The van der Waals surface area contributed by atoms with Crippen LogP contribution in [0.2, 0.25) is 0 Å². The summed E-state index contributed by atoms with van der Waals surface area (Å²) >= 11 is 7.23. The second-order valence-corrected chi connectivity index (χ2v) is 7.01. The van der Waals surface area contributed by atoms with Crippen LogP contribution in [0.1, 0.15) is 17.5 Å². The Morgan fingerprint density at radius 2 is 1.65 bits per heavy atom. The number of hydrogen-bond acceptors (Lipinski definition) is 3. The largest absolute Gasteiger partial charge is 0.487 e. The van der Waals surface area contributed by atoms with Gasteiger partial charge in [-0.05, 0) is 81.7 Å². The normalized spacial score (nSPS) is 10.7. The lowest BCUT2D eigenvalue weighted by atomic mass is 10.2. The van der Waals surface area contributed by atoms with E-state index in [4.69, 9.17) is 4.74 Å². The van der Waals surface area contributed by atoms with Gasteiger partial charge in [0.25, 0.3) is 0 Å². The van der Waals surface area contributed by atoms with Crippen molar-refractivity contribution in [3.8, 4) is 5.75 Å². The van der Waals surface area contributed by atoms with E-state index in [2.05, 4.69) is 66.8 Å². The standard InChI is InChI=1S/C18H22Br2N2O/c1-21-8-5-9-22-12-15-10-16(19)18(17(20)11-15)23-13-14-6-3-2-4-7-14/h2-4,6-7,10-11,21-22H,5,8-9,12-13H2,1H3. The van der Waals surface area contributed by atoms with Crippen LogP contribution in [-0.2, 0) is 13.2 Å². The molecule has 2 N–H and O–H groups in total. The number of rotatable bonds is 9. The van der Waals surface area contributed by atoms with Crippen LogP contribution in [-0.4, -0.2) is 20.1 Å². The van der Waals surface area contributed by atoms with Crippen LogP contribution in [0.5, 0.6) is 5.75 Å². The van der Waals surface area contributed by atoms with E-state index in [1.807, 2.05) is 25.2 Å². The molecule has 0 atom stereocenters. The van der Waals surface area contributed by atoms with Gasteiger partial charge in [0.15, 0.2) is 0 Å². The summed E-state index contributed by atoms with van der Waals surface area (Å²) in [4.78, 5) is 0. The monoisotopic (exact) mass is 440 g/mol. The first-order chi connectivity index (χ1) is 11.2. The van der Waals surface area contributed by atoms with Gasteiger partial charge in [0.05, 0.1) is 8.95 Å². The van der Waals surface area contributed by atoms with E-state index >= 15 is 0 Å². The van der Waals surface area contributed by atoms with Gasteiger partial charge in [-0.25, -0.2) is 0 Å². The quantitative estimate of drug-likeness (QED) is 0.562. The third-order valence-corrected chi connectivity index (χ3v) is 4.57. The molecule has 0 heterocycles. The maximum absolute atomic E-state index is 5.94. The Kier molecular flexibility index (Phi) is 8.09. The van der Waals surface area contributed by atoms with Crippen molar-refractivity contribution in [1.29, 1.82) is 0 Å². The van der Waals surface area contributed by atoms with E-state index in [1.165, 1.54) is 5.56 Å². The molecule has 3 nitrogen and oxygen atoms in total. The minimum atomic E-state index is 0.555. The lowest BCUT2D eigenvalue weighted by Gasteiger charge is -2.13. The summed E-state index contributed by atoms with van der Waals surface area (Å²) in [6, 6.07) is 14.4. The Morgan fingerprint density at radius 1 is 0.957 bits per heavy atom. The predicted octanol–water partition coefficient (Wildman–Crippen LogP) is 4.49. The zero-order valence-corrected chi connectivity index (χ0v) is 16.4. The highest BCUT2D eigenvalue weighted by Crippen LogP contribution is 2.35. The van der Waals surface area contributed by atoms with Crippen molar-refractivity contribution in [1.82, 2.24) is 10.6 Å². The summed E-state index contributed by atoms with van der Waals surface area (Å²) < 4.78 is 7.88. The lowest BCUT2D eigenvalue weighted by molar-refractivity contribution is 0.302. The summed E-state index contributed by atoms with van der Waals surface area (Å²) in [5, 5.41) is 6.59. The molecule has 124 valence electrons. The van der Waals surface area contributed by atoms with E-state index in [-0.39, 0.29) is 0 Å². The molecule has 0 aliphatic carbocycles. The van der Waals surface area contributed by atoms with Crippen molar-refractivity contribution in [2.75, 3.05) is 20.1 Å². The van der Waals surface area contributed by atoms with Gasteiger partial charge in [0.2, 0.25) is 0 Å². The second-order valence-electron chi connectivity index (χ2n) is 5.30. The van der Waals surface area contributed by atoms with Crippen molar-refractivity contribution < 1.29 is 4.74 Å². The number of ether oxygens (including phenoxy) is 1. The molecule has 0 bridgehead atoms. The van der Waals surface area contributed by atoms with E-state index in [1.54, 1.807) is 0 Å². The van der Waals surface area contributed by atoms with E-state index < -0.39 is 0 Å². The topological polar surface area (TPSA) is 33.3 Å². The molecule has 0 aliphatic rings. The van der Waals surface area contributed by atoms with Crippen molar-refractivity contribution in [3.63, 3.8) is 0 Å². The lowest BCUT2D eigenvalue weighted by Crippen LogP contribution is -2.19. The molecule has 5 heteroatoms. The number of hydrogen-bond donors (Lipinski definition) is 2. The zero-order chi connectivity index (χ0) is 16.5. The first-order valence-corrected chi connectivity index (χ1v) is 9.29. The highest BCUT2D eigenvalue weighted by atomic mass is 79.9. The van der Waals surface area contributed by atoms with E-state index in [0.717, 1.165) is 46.3 Å². The summed E-state index contributed by atoms with van der Waals surface area (Å²) in [5.74, 6) is 0.841. The molecule has 0 aliphatic heterocycles. The Morgan fingerprint density at radius 3 is 2.30 bits per heavy atom. The van der Waals surface area contributed by atoms with Crippen LogP contribution < -0.4 is 15.4 Å². The molecule has 0 unspecified atom stereocenters. The molecular formula is C18H22Br2N2O. The summed E-state index contributed by atoms with van der Waals surface area (Å²) in [7, 11) is 1.97. The Balaban J connectivity index is 1.91. The molecule has 0 saturated carbocycles. The van der Waals surface area contributed by atoms with Gasteiger partial charge in [0, 0.05) is 6.54 Å². The molecule has 0 spiro atoms. The third-order valence-electron chi connectivity index (χ3n) is 3.39. The van der Waals surface area contributed by atoms with Gasteiger partial charge >= 0.3 is 0 Å². The Bertz CT molecular complexity index is 582. The van der Waals surface area contributed by atoms with Gasteiger partial charge in [-0.1, -0.05) is 30.3 Å². The van der Waals surface area contributed by atoms with Gasteiger partial charge in [-0.15, -0.1) is 0 Å². The SMILES string of the molecule is CNCCCNCc1cc(Br)c(OCc2ccccc2)c(Br)c1. The highest BCUT2D eigenvalue weighted by Gasteiger charge is 2.09. The van der Waals surface area contributed by atoms with Gasteiger partial charge in [-0.3, -0.25) is 0 Å². The maximum atomic E-state index is 5.94. The van der Waals surface area contributed by atoms with Crippen LogP contribution in [0.25, 0.3) is 0 Å². The Hall–Kier alpha value is -0.880. The molecule has 2 rings (SSSR count). The molecule has 0 aromatic heterocycles. The average molecular weight is 442 g/mol. The minimum Gasteiger partial charge on any atom is -0.487 e. The van der Waals surface area contributed by atoms with E-state index in [0.29, 0.717) is 6.61 Å². The summed E-state index contributed by atoms with van der Waals surface area (Å²) in [6.45, 7) is 3.44. The second kappa shape index (κ2) is 10.1. The van der Waals surface area contributed by atoms with E-state index in [9.17, 15) is 0 Å². The minimum absolute atomic E-state index is 0.555. The average Bonchev–Trinajstić information content (AvgIpc) is 2.55. The molecular weight excluding hydrogens is 420 g/mol. The number of halogens is 2. The fourth-order valence-electron chi connectivity index (χ4n) is 2.20. The molecule has 2 aromatic rings. The fraction of sp³-hybridized carbons (Fsp3) is 0.333. The van der Waals surface area contributed by atoms with Gasteiger partial charge in [0.1, 0.15) is 12.4 Å². The molecule has 0 amide bonds.